The van der Waals surface area contributed by atoms with Crippen molar-refractivity contribution >= 4 is 5.82 Å². The Morgan fingerprint density at radius 3 is 2.65 bits per heavy atom. The smallest absolute Gasteiger partial charge is 0.142 e. The molecule has 4 nitrogen and oxygen atoms in total. The van der Waals surface area contributed by atoms with Crippen LogP contribution in [0.15, 0.2) is 12.1 Å². The fourth-order valence-electron chi connectivity index (χ4n) is 2.00. The first-order valence-corrected chi connectivity index (χ1v) is 5.96. The number of nitriles is 1. The van der Waals surface area contributed by atoms with Crippen LogP contribution >= 0.6 is 0 Å². The van der Waals surface area contributed by atoms with Crippen molar-refractivity contribution in [1.82, 2.24) is 4.98 Å². The third-order valence-electron chi connectivity index (χ3n) is 2.95. The molecule has 0 aliphatic carbocycles. The average molecular weight is 231 g/mol. The van der Waals surface area contributed by atoms with Crippen LogP contribution < -0.4 is 4.90 Å². The molecule has 0 N–H and O–H groups in total. The maximum absolute atomic E-state index is 8.93. The number of morpholine rings is 1. The molecule has 2 rings (SSSR count). The first-order valence-electron chi connectivity index (χ1n) is 5.96. The topological polar surface area (TPSA) is 49.2 Å². The van der Waals surface area contributed by atoms with Crippen molar-refractivity contribution in [1.29, 1.82) is 5.26 Å². The van der Waals surface area contributed by atoms with Crippen LogP contribution in [0.2, 0.25) is 0 Å². The number of hydrogen-bond acceptors (Lipinski definition) is 4. The molecule has 2 heterocycles. The van der Waals surface area contributed by atoms with E-state index in [1.54, 1.807) is 6.07 Å². The van der Waals surface area contributed by atoms with Crippen molar-refractivity contribution in [3.8, 4) is 6.07 Å². The van der Waals surface area contributed by atoms with E-state index in [2.05, 4.69) is 29.8 Å². The number of rotatable bonds is 2. The molecule has 1 aromatic heterocycles. The minimum atomic E-state index is 0.410. The van der Waals surface area contributed by atoms with Gasteiger partial charge in [0.1, 0.15) is 17.6 Å². The summed E-state index contributed by atoms with van der Waals surface area (Å²) in [7, 11) is 0. The molecule has 0 unspecified atom stereocenters. The van der Waals surface area contributed by atoms with Gasteiger partial charge in [0.05, 0.1) is 13.2 Å². The Kier molecular flexibility index (Phi) is 3.60. The summed E-state index contributed by atoms with van der Waals surface area (Å²) in [4.78, 5) is 6.65. The summed E-state index contributed by atoms with van der Waals surface area (Å²) >= 11 is 0. The molecule has 1 aliphatic heterocycles. The summed E-state index contributed by atoms with van der Waals surface area (Å²) in [6.45, 7) is 7.45. The van der Waals surface area contributed by atoms with Crippen molar-refractivity contribution in [3.05, 3.63) is 23.4 Å². The van der Waals surface area contributed by atoms with Crippen LogP contribution in [0.4, 0.5) is 5.82 Å². The van der Waals surface area contributed by atoms with E-state index in [1.807, 2.05) is 6.07 Å². The van der Waals surface area contributed by atoms with Gasteiger partial charge < -0.3 is 9.64 Å². The fraction of sp³-hybridized carbons (Fsp3) is 0.538. The molecular weight excluding hydrogens is 214 g/mol. The van der Waals surface area contributed by atoms with Crippen LogP contribution in [0.1, 0.15) is 31.0 Å². The predicted molar refractivity (Wildman–Crippen MR) is 66.1 cm³/mol. The summed E-state index contributed by atoms with van der Waals surface area (Å²) in [6.07, 6.45) is 0. The third kappa shape index (κ3) is 2.56. The first kappa shape index (κ1) is 11.9. The molecule has 0 atom stereocenters. The quantitative estimate of drug-likeness (QED) is 0.780. The zero-order chi connectivity index (χ0) is 12.3. The molecule has 1 fully saturated rings. The summed E-state index contributed by atoms with van der Waals surface area (Å²) in [5, 5.41) is 8.93. The maximum atomic E-state index is 8.93. The van der Waals surface area contributed by atoms with Crippen LogP contribution in [-0.4, -0.2) is 31.3 Å². The average Bonchev–Trinajstić information content (AvgIpc) is 2.39. The van der Waals surface area contributed by atoms with Crippen LogP contribution in [0.25, 0.3) is 0 Å². The number of anilines is 1. The largest absolute Gasteiger partial charge is 0.378 e. The SMILES string of the molecule is CC(C)c1ccc(C#N)nc1N1CCOCC1. The van der Waals surface area contributed by atoms with Gasteiger partial charge in [0.2, 0.25) is 0 Å². The zero-order valence-corrected chi connectivity index (χ0v) is 10.3. The monoisotopic (exact) mass is 231 g/mol. The van der Waals surface area contributed by atoms with Gasteiger partial charge in [-0.3, -0.25) is 0 Å². The van der Waals surface area contributed by atoms with E-state index in [4.69, 9.17) is 10.00 Å². The van der Waals surface area contributed by atoms with Gasteiger partial charge in [0, 0.05) is 13.1 Å². The number of hydrogen-bond donors (Lipinski definition) is 0. The Balaban J connectivity index is 2.37. The lowest BCUT2D eigenvalue weighted by Crippen LogP contribution is -2.37. The van der Waals surface area contributed by atoms with E-state index < -0.39 is 0 Å². The van der Waals surface area contributed by atoms with Crippen LogP contribution in [0, 0.1) is 11.3 Å². The van der Waals surface area contributed by atoms with E-state index in [0.29, 0.717) is 11.6 Å². The molecule has 1 aromatic rings. The molecule has 0 amide bonds. The van der Waals surface area contributed by atoms with Crippen molar-refractivity contribution in [3.63, 3.8) is 0 Å². The molecule has 17 heavy (non-hydrogen) atoms. The van der Waals surface area contributed by atoms with Gasteiger partial charge in [0.15, 0.2) is 0 Å². The highest BCUT2D eigenvalue weighted by atomic mass is 16.5. The Labute approximate surface area is 102 Å². The molecule has 0 radical (unpaired) electrons. The molecule has 1 aliphatic rings. The molecule has 90 valence electrons. The van der Waals surface area contributed by atoms with Gasteiger partial charge in [-0.15, -0.1) is 0 Å². The highest BCUT2D eigenvalue weighted by Crippen LogP contribution is 2.26. The molecule has 0 aromatic carbocycles. The van der Waals surface area contributed by atoms with E-state index in [-0.39, 0.29) is 0 Å². The molecule has 0 bridgehead atoms. The summed E-state index contributed by atoms with van der Waals surface area (Å²) in [5.74, 6) is 1.36. The maximum Gasteiger partial charge on any atom is 0.142 e. The predicted octanol–water partition coefficient (Wildman–Crippen LogP) is 1.91. The summed E-state index contributed by atoms with van der Waals surface area (Å²) in [5.41, 5.74) is 1.68. The van der Waals surface area contributed by atoms with Gasteiger partial charge in [-0.25, -0.2) is 4.98 Å². The van der Waals surface area contributed by atoms with Gasteiger partial charge in [-0.1, -0.05) is 19.9 Å². The van der Waals surface area contributed by atoms with E-state index >= 15 is 0 Å². The highest BCUT2D eigenvalue weighted by Gasteiger charge is 2.18. The molecule has 0 spiro atoms. The van der Waals surface area contributed by atoms with Gasteiger partial charge in [0.25, 0.3) is 0 Å². The van der Waals surface area contributed by atoms with Crippen molar-refractivity contribution < 1.29 is 4.74 Å². The third-order valence-corrected chi connectivity index (χ3v) is 2.95. The lowest BCUT2D eigenvalue weighted by molar-refractivity contribution is 0.122. The van der Waals surface area contributed by atoms with Crippen molar-refractivity contribution in [2.45, 2.75) is 19.8 Å². The second-order valence-corrected chi connectivity index (χ2v) is 4.48. The number of aromatic nitrogens is 1. The Hall–Kier alpha value is -1.60. The molecular formula is C13H17N3O. The minimum Gasteiger partial charge on any atom is -0.378 e. The van der Waals surface area contributed by atoms with Crippen LogP contribution in [0.5, 0.6) is 0 Å². The van der Waals surface area contributed by atoms with Gasteiger partial charge in [-0.2, -0.15) is 5.26 Å². The van der Waals surface area contributed by atoms with Crippen molar-refractivity contribution in [2.75, 3.05) is 31.2 Å². The van der Waals surface area contributed by atoms with E-state index in [0.717, 1.165) is 32.1 Å². The fourth-order valence-corrected chi connectivity index (χ4v) is 2.00. The van der Waals surface area contributed by atoms with Crippen LogP contribution in [0.3, 0.4) is 0 Å². The number of nitrogens with zero attached hydrogens (tertiary/aromatic N) is 3. The minimum absolute atomic E-state index is 0.410. The van der Waals surface area contributed by atoms with Crippen LogP contribution in [-0.2, 0) is 4.74 Å². The zero-order valence-electron chi connectivity index (χ0n) is 10.3. The standard InChI is InChI=1S/C13H17N3O/c1-10(2)12-4-3-11(9-14)15-13(12)16-5-7-17-8-6-16/h3-4,10H,5-8H2,1-2H3. The number of ether oxygens (including phenoxy) is 1. The normalized spacial score (nSPS) is 16.0. The van der Waals surface area contributed by atoms with E-state index in [9.17, 15) is 0 Å². The van der Waals surface area contributed by atoms with E-state index in [1.165, 1.54) is 5.56 Å². The molecule has 0 saturated carbocycles. The first-order chi connectivity index (χ1) is 8.22. The Morgan fingerprint density at radius 2 is 2.06 bits per heavy atom. The highest BCUT2D eigenvalue weighted by molar-refractivity contribution is 5.51. The Bertz CT molecular complexity index is 431. The second kappa shape index (κ2) is 5.15. The Morgan fingerprint density at radius 1 is 1.35 bits per heavy atom. The van der Waals surface area contributed by atoms with Crippen molar-refractivity contribution in [2.24, 2.45) is 0 Å². The molecule has 1 saturated heterocycles. The summed E-state index contributed by atoms with van der Waals surface area (Å²) < 4.78 is 5.34. The lowest BCUT2D eigenvalue weighted by Gasteiger charge is -2.30. The van der Waals surface area contributed by atoms with Gasteiger partial charge in [-0.05, 0) is 17.5 Å². The lowest BCUT2D eigenvalue weighted by atomic mass is 10.0. The molecule has 4 heteroatoms. The number of pyridine rings is 1. The summed E-state index contributed by atoms with van der Waals surface area (Å²) in [6, 6.07) is 5.91. The van der Waals surface area contributed by atoms with Gasteiger partial charge >= 0.3 is 0 Å². The second-order valence-electron chi connectivity index (χ2n) is 4.48.